The van der Waals surface area contributed by atoms with E-state index in [1.54, 1.807) is 6.07 Å². The molecule has 0 unspecified atom stereocenters. The van der Waals surface area contributed by atoms with Gasteiger partial charge in [0, 0.05) is 42.5 Å². The number of nitro groups is 1. The molecule has 0 aliphatic rings. The van der Waals surface area contributed by atoms with E-state index in [-0.39, 0.29) is 23.1 Å². The Balaban J connectivity index is 1.75. The molecule has 0 radical (unpaired) electrons. The molecule has 3 heterocycles. The molecule has 3 aromatic heterocycles. The smallest absolute Gasteiger partial charge is 0.307 e. The van der Waals surface area contributed by atoms with Crippen LogP contribution in [0.3, 0.4) is 0 Å². The Kier molecular flexibility index (Phi) is 4.70. The number of nitrogens with one attached hydrogen (secondary N) is 1. The third-order valence-corrected chi connectivity index (χ3v) is 4.44. The Bertz CT molecular complexity index is 1290. The van der Waals surface area contributed by atoms with Gasteiger partial charge in [-0.3, -0.25) is 10.1 Å². The number of anilines is 2. The molecule has 4 aromatic rings. The lowest BCUT2D eigenvalue weighted by Gasteiger charge is -2.11. The lowest BCUT2D eigenvalue weighted by Crippen LogP contribution is -2.04. The van der Waals surface area contributed by atoms with Crippen molar-refractivity contribution in [1.29, 1.82) is 0 Å². The van der Waals surface area contributed by atoms with Crippen molar-refractivity contribution in [2.24, 2.45) is 7.05 Å². The molecule has 4 rings (SSSR count). The zero-order chi connectivity index (χ0) is 21.4. The summed E-state index contributed by atoms with van der Waals surface area (Å²) < 4.78 is 35.1. The third kappa shape index (κ3) is 3.36. The number of halogens is 2. The van der Waals surface area contributed by atoms with Crippen molar-refractivity contribution < 1.29 is 18.4 Å². The highest BCUT2D eigenvalue weighted by atomic mass is 19.1. The molecule has 0 saturated heterocycles. The number of nitrogens with zero attached hydrogens (tertiary/aromatic N) is 5. The highest BCUT2D eigenvalue weighted by Crippen LogP contribution is 2.33. The van der Waals surface area contributed by atoms with Crippen molar-refractivity contribution in [2.45, 2.75) is 0 Å². The summed E-state index contributed by atoms with van der Waals surface area (Å²) in [6.07, 6.45) is 4.28. The Labute approximate surface area is 168 Å². The van der Waals surface area contributed by atoms with E-state index in [9.17, 15) is 18.9 Å². The number of ether oxygens (including phenoxy) is 1. The zero-order valence-electron chi connectivity index (χ0n) is 15.8. The lowest BCUT2D eigenvalue weighted by atomic mass is 10.1. The fourth-order valence-corrected chi connectivity index (χ4v) is 2.98. The van der Waals surface area contributed by atoms with Crippen molar-refractivity contribution in [3.8, 4) is 17.0 Å². The van der Waals surface area contributed by atoms with Crippen LogP contribution in [0.4, 0.5) is 26.1 Å². The van der Waals surface area contributed by atoms with Crippen molar-refractivity contribution in [3.05, 3.63) is 64.6 Å². The normalized spacial score (nSPS) is 10.9. The Morgan fingerprint density at radius 2 is 1.97 bits per heavy atom. The van der Waals surface area contributed by atoms with E-state index >= 15 is 0 Å². The summed E-state index contributed by atoms with van der Waals surface area (Å²) in [6.45, 7) is 0. The topological polar surface area (TPSA) is 108 Å². The first-order chi connectivity index (χ1) is 14.4. The quantitative estimate of drug-likeness (QED) is 0.390. The Morgan fingerprint density at radius 1 is 1.17 bits per heavy atom. The van der Waals surface area contributed by atoms with Gasteiger partial charge < -0.3 is 14.6 Å². The first kappa shape index (κ1) is 19.2. The second-order valence-electron chi connectivity index (χ2n) is 6.34. The van der Waals surface area contributed by atoms with Crippen LogP contribution in [-0.4, -0.2) is 31.6 Å². The third-order valence-electron chi connectivity index (χ3n) is 4.44. The number of benzene rings is 1. The minimum Gasteiger partial charge on any atom is -0.494 e. The molecule has 0 aliphatic carbocycles. The van der Waals surface area contributed by atoms with Gasteiger partial charge in [-0.2, -0.15) is 4.39 Å². The van der Waals surface area contributed by atoms with Crippen LogP contribution in [-0.2, 0) is 7.05 Å². The first-order valence-corrected chi connectivity index (χ1v) is 8.60. The van der Waals surface area contributed by atoms with E-state index in [1.807, 2.05) is 23.9 Å². The summed E-state index contributed by atoms with van der Waals surface area (Å²) in [6, 6.07) is 5.41. The summed E-state index contributed by atoms with van der Waals surface area (Å²) >= 11 is 0. The van der Waals surface area contributed by atoms with Gasteiger partial charge in [0.25, 0.3) is 0 Å². The van der Waals surface area contributed by atoms with Crippen LogP contribution >= 0.6 is 0 Å². The molecule has 1 aromatic carbocycles. The average molecular weight is 412 g/mol. The van der Waals surface area contributed by atoms with Gasteiger partial charge in [0.1, 0.15) is 17.1 Å². The van der Waals surface area contributed by atoms with Gasteiger partial charge in [0.15, 0.2) is 5.82 Å². The fraction of sp³-hybridized carbons (Fsp3) is 0.105. The van der Waals surface area contributed by atoms with Crippen LogP contribution in [0.15, 0.2) is 42.9 Å². The van der Waals surface area contributed by atoms with E-state index in [0.29, 0.717) is 5.56 Å². The Hall–Kier alpha value is -4.15. The van der Waals surface area contributed by atoms with Gasteiger partial charge in [-0.1, -0.05) is 0 Å². The molecular weight excluding hydrogens is 398 g/mol. The van der Waals surface area contributed by atoms with Gasteiger partial charge in [-0.15, -0.1) is 0 Å². The van der Waals surface area contributed by atoms with E-state index in [0.717, 1.165) is 29.4 Å². The maximum Gasteiger partial charge on any atom is 0.307 e. The van der Waals surface area contributed by atoms with Crippen molar-refractivity contribution in [2.75, 3.05) is 12.4 Å². The standard InChI is InChI=1S/C19H14F2N6O3/c1-26-4-3-10-5-11(8-22-18(10)26)17-13(21)9-23-19(25-17)24-14-7-15(27(28)29)12(20)6-16(14)30-2/h3-9H,1-2H3,(H,23,24,25). The van der Waals surface area contributed by atoms with Gasteiger partial charge in [-0.05, 0) is 12.1 Å². The van der Waals surface area contributed by atoms with Gasteiger partial charge in [0.2, 0.25) is 11.8 Å². The van der Waals surface area contributed by atoms with Crippen LogP contribution in [0.25, 0.3) is 22.3 Å². The number of rotatable bonds is 5. The van der Waals surface area contributed by atoms with Crippen LogP contribution in [0.2, 0.25) is 0 Å². The molecular formula is C19H14F2N6O3. The molecule has 0 bridgehead atoms. The monoisotopic (exact) mass is 412 g/mol. The molecule has 11 heteroatoms. The van der Waals surface area contributed by atoms with Gasteiger partial charge >= 0.3 is 5.69 Å². The molecule has 0 fully saturated rings. The summed E-state index contributed by atoms with van der Waals surface area (Å²) in [7, 11) is 3.13. The fourth-order valence-electron chi connectivity index (χ4n) is 2.98. The predicted octanol–water partition coefficient (Wildman–Crippen LogP) is 3.97. The first-order valence-electron chi connectivity index (χ1n) is 8.60. The SMILES string of the molecule is COc1cc(F)c([N+](=O)[O-])cc1Nc1ncc(F)c(-c2cnc3c(ccn3C)c2)n1. The van der Waals surface area contributed by atoms with Crippen LogP contribution in [0.1, 0.15) is 0 Å². The van der Waals surface area contributed by atoms with Crippen LogP contribution in [0, 0.1) is 21.7 Å². The number of hydrogen-bond donors (Lipinski definition) is 1. The maximum absolute atomic E-state index is 14.4. The van der Waals surface area contributed by atoms with Crippen LogP contribution in [0.5, 0.6) is 5.75 Å². The summed E-state index contributed by atoms with van der Waals surface area (Å²) in [5.41, 5.74) is 0.448. The minimum atomic E-state index is -1.05. The number of methoxy groups -OCH3 is 1. The number of fused-ring (bicyclic) bond motifs is 1. The molecule has 0 amide bonds. The number of nitro benzene ring substituents is 1. The highest BCUT2D eigenvalue weighted by molar-refractivity contribution is 5.81. The second-order valence-corrected chi connectivity index (χ2v) is 6.34. The zero-order valence-corrected chi connectivity index (χ0v) is 15.8. The number of pyridine rings is 1. The number of aromatic nitrogens is 4. The molecule has 0 aliphatic heterocycles. The van der Waals surface area contributed by atoms with Gasteiger partial charge in [-0.25, -0.2) is 19.3 Å². The van der Waals surface area contributed by atoms with Crippen LogP contribution < -0.4 is 10.1 Å². The summed E-state index contributed by atoms with van der Waals surface area (Å²) in [5.74, 6) is -1.78. The largest absolute Gasteiger partial charge is 0.494 e. The van der Waals surface area contributed by atoms with Crippen molar-refractivity contribution in [1.82, 2.24) is 19.5 Å². The molecule has 0 spiro atoms. The molecule has 0 saturated carbocycles. The second kappa shape index (κ2) is 7.35. The summed E-state index contributed by atoms with van der Waals surface area (Å²) in [4.78, 5) is 22.5. The molecule has 0 atom stereocenters. The molecule has 152 valence electrons. The van der Waals surface area contributed by atoms with E-state index in [1.165, 1.54) is 13.3 Å². The van der Waals surface area contributed by atoms with E-state index in [2.05, 4.69) is 20.3 Å². The average Bonchev–Trinajstić information content (AvgIpc) is 3.10. The Morgan fingerprint density at radius 3 is 2.70 bits per heavy atom. The van der Waals surface area contributed by atoms with E-state index < -0.39 is 22.2 Å². The maximum atomic E-state index is 14.4. The van der Waals surface area contributed by atoms with Crippen molar-refractivity contribution >= 4 is 28.4 Å². The van der Waals surface area contributed by atoms with Gasteiger partial charge in [0.05, 0.1) is 23.9 Å². The minimum absolute atomic E-state index is 0.0000493. The predicted molar refractivity (Wildman–Crippen MR) is 105 cm³/mol. The van der Waals surface area contributed by atoms with E-state index in [4.69, 9.17) is 4.74 Å². The molecule has 1 N–H and O–H groups in total. The number of aryl methyl sites for hydroxylation is 1. The molecule has 30 heavy (non-hydrogen) atoms. The summed E-state index contributed by atoms with van der Waals surface area (Å²) in [5, 5.41) is 14.5. The molecule has 9 nitrogen and oxygen atoms in total. The highest BCUT2D eigenvalue weighted by Gasteiger charge is 2.20. The number of hydrogen-bond acceptors (Lipinski definition) is 7. The van der Waals surface area contributed by atoms with Crippen molar-refractivity contribution in [3.63, 3.8) is 0 Å². The lowest BCUT2D eigenvalue weighted by molar-refractivity contribution is -0.387.